The Hall–Kier alpha value is -1.06. The average molecular weight is 246 g/mol. The van der Waals surface area contributed by atoms with Crippen LogP contribution in [-0.2, 0) is 6.54 Å². The number of hydrogen-bond donors (Lipinski definition) is 1. The van der Waals surface area contributed by atoms with Gasteiger partial charge >= 0.3 is 0 Å². The van der Waals surface area contributed by atoms with E-state index in [1.165, 1.54) is 5.39 Å². The van der Waals surface area contributed by atoms with Gasteiger partial charge in [-0.1, -0.05) is 24.3 Å². The third-order valence-corrected chi connectivity index (χ3v) is 3.54. The van der Waals surface area contributed by atoms with Crippen LogP contribution in [-0.4, -0.2) is 23.0 Å². The summed E-state index contributed by atoms with van der Waals surface area (Å²) < 4.78 is 0. The Morgan fingerprint density at radius 3 is 2.88 bits per heavy atom. The topological polar surface area (TPSA) is 24.9 Å². The standard InChI is InChI=1S/C14H18N2S/c1-11(10-17-2)15-9-13-8-7-12-5-3-4-6-14(12)16-13/h3-8,11,15H,9-10H2,1-2H3. The molecule has 1 aromatic heterocycles. The highest BCUT2D eigenvalue weighted by atomic mass is 32.2. The van der Waals surface area contributed by atoms with Crippen molar-refractivity contribution in [3.63, 3.8) is 0 Å². The van der Waals surface area contributed by atoms with Crippen molar-refractivity contribution >= 4 is 22.7 Å². The van der Waals surface area contributed by atoms with Crippen molar-refractivity contribution in [3.8, 4) is 0 Å². The zero-order chi connectivity index (χ0) is 12.1. The van der Waals surface area contributed by atoms with Gasteiger partial charge in [-0.15, -0.1) is 0 Å². The number of benzene rings is 1. The Morgan fingerprint density at radius 2 is 2.06 bits per heavy atom. The summed E-state index contributed by atoms with van der Waals surface area (Å²) in [5.74, 6) is 1.13. The molecule has 0 aliphatic rings. The molecule has 3 heteroatoms. The van der Waals surface area contributed by atoms with E-state index in [0.717, 1.165) is 23.5 Å². The number of nitrogens with one attached hydrogen (secondary N) is 1. The van der Waals surface area contributed by atoms with Gasteiger partial charge < -0.3 is 5.32 Å². The van der Waals surface area contributed by atoms with Gasteiger partial charge in [-0.2, -0.15) is 11.8 Å². The Labute approximate surface area is 107 Å². The number of nitrogens with zero attached hydrogens (tertiary/aromatic N) is 1. The summed E-state index contributed by atoms with van der Waals surface area (Å²) in [5, 5.41) is 4.68. The molecule has 1 N–H and O–H groups in total. The van der Waals surface area contributed by atoms with Crippen LogP contribution in [0.4, 0.5) is 0 Å². The summed E-state index contributed by atoms with van der Waals surface area (Å²) in [4.78, 5) is 4.64. The van der Waals surface area contributed by atoms with E-state index in [0.29, 0.717) is 6.04 Å². The van der Waals surface area contributed by atoms with Crippen molar-refractivity contribution < 1.29 is 0 Å². The lowest BCUT2D eigenvalue weighted by Gasteiger charge is -2.12. The average Bonchev–Trinajstić information content (AvgIpc) is 2.36. The summed E-state index contributed by atoms with van der Waals surface area (Å²) >= 11 is 1.86. The van der Waals surface area contributed by atoms with Gasteiger partial charge in [0.1, 0.15) is 0 Å². The first-order chi connectivity index (χ1) is 8.29. The van der Waals surface area contributed by atoms with Crippen LogP contribution in [0.5, 0.6) is 0 Å². The molecule has 0 radical (unpaired) electrons. The summed E-state index contributed by atoms with van der Waals surface area (Å²) in [6, 6.07) is 13.0. The SMILES string of the molecule is CSCC(C)NCc1ccc2ccccc2n1. The van der Waals surface area contributed by atoms with Gasteiger partial charge in [-0.25, -0.2) is 0 Å². The first-order valence-electron chi connectivity index (χ1n) is 5.86. The van der Waals surface area contributed by atoms with Gasteiger partial charge in [-0.3, -0.25) is 4.98 Å². The molecular weight excluding hydrogens is 228 g/mol. The molecule has 0 aliphatic heterocycles. The van der Waals surface area contributed by atoms with E-state index in [4.69, 9.17) is 0 Å². The molecule has 1 unspecified atom stereocenters. The fraction of sp³-hybridized carbons (Fsp3) is 0.357. The molecule has 1 heterocycles. The molecule has 0 saturated carbocycles. The third-order valence-electron chi connectivity index (χ3n) is 2.70. The fourth-order valence-corrected chi connectivity index (χ4v) is 2.41. The summed E-state index contributed by atoms with van der Waals surface area (Å²) in [6.07, 6.45) is 2.13. The number of fused-ring (bicyclic) bond motifs is 1. The summed E-state index contributed by atoms with van der Waals surface area (Å²) in [5.41, 5.74) is 2.18. The normalized spacial score (nSPS) is 12.8. The van der Waals surface area contributed by atoms with E-state index in [1.807, 2.05) is 23.9 Å². The van der Waals surface area contributed by atoms with Crippen LogP contribution in [0.3, 0.4) is 0 Å². The molecule has 0 fully saturated rings. The Balaban J connectivity index is 2.04. The molecular formula is C14H18N2S. The maximum atomic E-state index is 4.64. The molecule has 0 bridgehead atoms. The molecule has 0 amide bonds. The maximum absolute atomic E-state index is 4.64. The van der Waals surface area contributed by atoms with Crippen LogP contribution < -0.4 is 5.32 Å². The van der Waals surface area contributed by atoms with Gasteiger partial charge in [0, 0.05) is 23.7 Å². The zero-order valence-electron chi connectivity index (χ0n) is 10.3. The second-order valence-electron chi connectivity index (χ2n) is 4.23. The van der Waals surface area contributed by atoms with Crippen LogP contribution in [0.15, 0.2) is 36.4 Å². The highest BCUT2D eigenvalue weighted by Gasteiger charge is 2.02. The van der Waals surface area contributed by atoms with E-state index in [1.54, 1.807) is 0 Å². The minimum Gasteiger partial charge on any atom is -0.308 e. The highest BCUT2D eigenvalue weighted by molar-refractivity contribution is 7.98. The second-order valence-corrected chi connectivity index (χ2v) is 5.14. The van der Waals surface area contributed by atoms with Gasteiger partial charge in [0.05, 0.1) is 11.2 Å². The maximum Gasteiger partial charge on any atom is 0.0705 e. The Bertz CT molecular complexity index is 484. The smallest absolute Gasteiger partial charge is 0.0705 e. The molecule has 1 aromatic carbocycles. The monoisotopic (exact) mass is 246 g/mol. The predicted octanol–water partition coefficient (Wildman–Crippen LogP) is 3.08. The molecule has 1 atom stereocenters. The molecule has 0 aliphatic carbocycles. The van der Waals surface area contributed by atoms with E-state index in [9.17, 15) is 0 Å². The van der Waals surface area contributed by atoms with E-state index in [-0.39, 0.29) is 0 Å². The lowest BCUT2D eigenvalue weighted by molar-refractivity contribution is 0.589. The zero-order valence-corrected chi connectivity index (χ0v) is 11.1. The number of hydrogen-bond acceptors (Lipinski definition) is 3. The summed E-state index contributed by atoms with van der Waals surface area (Å²) in [6.45, 7) is 3.05. The van der Waals surface area contributed by atoms with Crippen LogP contribution in [0, 0.1) is 0 Å². The van der Waals surface area contributed by atoms with E-state index < -0.39 is 0 Å². The van der Waals surface area contributed by atoms with Gasteiger partial charge in [0.25, 0.3) is 0 Å². The number of thioether (sulfide) groups is 1. The Kier molecular flexibility index (Phi) is 4.40. The fourth-order valence-electron chi connectivity index (χ4n) is 1.79. The molecule has 2 rings (SSSR count). The van der Waals surface area contributed by atoms with Crippen molar-refractivity contribution in [2.24, 2.45) is 0 Å². The molecule has 2 nitrogen and oxygen atoms in total. The first kappa shape index (κ1) is 12.4. The number of aromatic nitrogens is 1. The van der Waals surface area contributed by atoms with Gasteiger partial charge in [0.15, 0.2) is 0 Å². The largest absolute Gasteiger partial charge is 0.308 e. The van der Waals surface area contributed by atoms with E-state index in [2.05, 4.69) is 47.7 Å². The van der Waals surface area contributed by atoms with Crippen LogP contribution in [0.25, 0.3) is 10.9 Å². The predicted molar refractivity (Wildman–Crippen MR) is 76.4 cm³/mol. The molecule has 17 heavy (non-hydrogen) atoms. The van der Waals surface area contributed by atoms with Crippen LogP contribution in [0.2, 0.25) is 0 Å². The Morgan fingerprint density at radius 1 is 1.24 bits per heavy atom. The third kappa shape index (κ3) is 3.45. The van der Waals surface area contributed by atoms with Crippen LogP contribution >= 0.6 is 11.8 Å². The minimum absolute atomic E-state index is 0.526. The highest BCUT2D eigenvalue weighted by Crippen LogP contribution is 2.11. The molecule has 90 valence electrons. The van der Waals surface area contributed by atoms with Crippen molar-refractivity contribution in [1.82, 2.24) is 10.3 Å². The van der Waals surface area contributed by atoms with Crippen molar-refractivity contribution in [2.45, 2.75) is 19.5 Å². The molecule has 0 saturated heterocycles. The molecule has 0 spiro atoms. The van der Waals surface area contributed by atoms with Crippen LogP contribution in [0.1, 0.15) is 12.6 Å². The van der Waals surface area contributed by atoms with Crippen molar-refractivity contribution in [1.29, 1.82) is 0 Å². The summed E-state index contributed by atoms with van der Waals surface area (Å²) in [7, 11) is 0. The van der Waals surface area contributed by atoms with Crippen molar-refractivity contribution in [2.75, 3.05) is 12.0 Å². The lowest BCUT2D eigenvalue weighted by atomic mass is 10.2. The van der Waals surface area contributed by atoms with Gasteiger partial charge in [0.2, 0.25) is 0 Å². The molecule has 2 aromatic rings. The van der Waals surface area contributed by atoms with Gasteiger partial charge in [-0.05, 0) is 25.3 Å². The lowest BCUT2D eigenvalue weighted by Crippen LogP contribution is -2.27. The van der Waals surface area contributed by atoms with Crippen molar-refractivity contribution in [3.05, 3.63) is 42.1 Å². The minimum atomic E-state index is 0.526. The number of rotatable bonds is 5. The number of para-hydroxylation sites is 1. The second kappa shape index (κ2) is 6.03. The quantitative estimate of drug-likeness (QED) is 0.877. The first-order valence-corrected chi connectivity index (χ1v) is 7.26. The van der Waals surface area contributed by atoms with E-state index >= 15 is 0 Å². The number of pyridine rings is 1.